The molecule has 9 heteroatoms. The maximum Gasteiger partial charge on any atom is 0.347 e. The van der Waals surface area contributed by atoms with Gasteiger partial charge in [-0.15, -0.1) is 9.19 Å². The number of carbonyl (C=O) groups excluding carboxylic acids is 1. The Balaban J connectivity index is 1.67. The number of esters is 1. The number of benzene rings is 3. The van der Waals surface area contributed by atoms with E-state index >= 15 is 0 Å². The van der Waals surface area contributed by atoms with E-state index in [1.165, 1.54) is 30.3 Å². The van der Waals surface area contributed by atoms with Gasteiger partial charge in [-0.3, -0.25) is 0 Å². The van der Waals surface area contributed by atoms with Gasteiger partial charge in [0.25, 0.3) is 10.0 Å². The number of ether oxygens (including phenoxy) is 1. The summed E-state index contributed by atoms with van der Waals surface area (Å²) in [6.45, 7) is 0. The molecule has 3 aromatic carbocycles. The summed E-state index contributed by atoms with van der Waals surface area (Å²) in [6.07, 6.45) is 0. The maximum absolute atomic E-state index is 13.7. The number of carbonyl (C=O) groups is 1. The van der Waals surface area contributed by atoms with Crippen LogP contribution in [0, 0.1) is 5.82 Å². The summed E-state index contributed by atoms with van der Waals surface area (Å²) >= 11 is 0. The molecule has 1 aromatic heterocycles. The molecule has 0 unspecified atom stereocenters. The normalized spacial score (nSPS) is 11.5. The first-order chi connectivity index (χ1) is 13.9. The van der Waals surface area contributed by atoms with Gasteiger partial charge in [0.1, 0.15) is 11.6 Å². The molecule has 2 N–H and O–H groups in total. The molecule has 0 bridgehead atoms. The molecule has 0 amide bonds. The van der Waals surface area contributed by atoms with Crippen molar-refractivity contribution in [3.8, 4) is 5.88 Å². The molecule has 0 radical (unpaired) electrons. The average molecular weight is 411 g/mol. The van der Waals surface area contributed by atoms with Crippen molar-refractivity contribution >= 4 is 32.6 Å². The number of anilines is 1. The Morgan fingerprint density at radius 3 is 2.41 bits per heavy atom. The Morgan fingerprint density at radius 2 is 1.66 bits per heavy atom. The van der Waals surface area contributed by atoms with Gasteiger partial charge in [-0.1, -0.05) is 42.5 Å². The fourth-order valence-corrected chi connectivity index (χ4v) is 4.04. The molecule has 0 atom stereocenters. The molecule has 0 aliphatic rings. The Morgan fingerprint density at radius 1 is 0.966 bits per heavy atom. The highest BCUT2D eigenvalue weighted by Crippen LogP contribution is 2.24. The molecule has 1 heterocycles. The molecule has 0 saturated heterocycles. The first-order valence-electron chi connectivity index (χ1n) is 8.43. The summed E-state index contributed by atoms with van der Waals surface area (Å²) in [5.74, 6) is -2.40. The van der Waals surface area contributed by atoms with Crippen LogP contribution < -0.4 is 10.5 Å². The van der Waals surface area contributed by atoms with Crippen molar-refractivity contribution in [2.24, 2.45) is 0 Å². The van der Waals surface area contributed by atoms with Crippen LogP contribution in [0.2, 0.25) is 0 Å². The molecule has 0 saturated carbocycles. The highest BCUT2D eigenvalue weighted by molar-refractivity contribution is 7.90. The zero-order valence-electron chi connectivity index (χ0n) is 14.8. The minimum atomic E-state index is -4.13. The van der Waals surface area contributed by atoms with E-state index in [1.807, 2.05) is 12.1 Å². The van der Waals surface area contributed by atoms with E-state index in [9.17, 15) is 17.6 Å². The number of halogens is 1. The third-order valence-electron chi connectivity index (χ3n) is 4.22. The molecular formula is C20H14FN3O4S. The van der Waals surface area contributed by atoms with E-state index in [1.54, 1.807) is 18.2 Å². The third kappa shape index (κ3) is 3.43. The van der Waals surface area contributed by atoms with Crippen LogP contribution in [0.3, 0.4) is 0 Å². The summed E-state index contributed by atoms with van der Waals surface area (Å²) in [6, 6.07) is 18.2. The summed E-state index contributed by atoms with van der Waals surface area (Å²) in [5.41, 5.74) is 5.47. The lowest BCUT2D eigenvalue weighted by atomic mass is 10.1. The minimum Gasteiger partial charge on any atom is -0.402 e. The molecule has 0 fully saturated rings. The fraction of sp³-hybridized carbons (Fsp3) is 0. The van der Waals surface area contributed by atoms with Crippen LogP contribution in [-0.4, -0.2) is 23.6 Å². The summed E-state index contributed by atoms with van der Waals surface area (Å²) in [7, 11) is -4.13. The van der Waals surface area contributed by atoms with Gasteiger partial charge >= 0.3 is 5.97 Å². The van der Waals surface area contributed by atoms with E-state index < -0.39 is 21.8 Å². The number of hydrogen-bond donors (Lipinski definition) is 1. The van der Waals surface area contributed by atoms with E-state index in [2.05, 4.69) is 5.10 Å². The second-order valence-electron chi connectivity index (χ2n) is 6.13. The van der Waals surface area contributed by atoms with Crippen molar-refractivity contribution in [2.45, 2.75) is 4.90 Å². The Hall–Kier alpha value is -3.72. The number of aromatic nitrogens is 2. The molecular weight excluding hydrogens is 397 g/mol. The molecule has 29 heavy (non-hydrogen) atoms. The number of nitrogens with zero attached hydrogens (tertiary/aromatic N) is 2. The molecule has 0 aliphatic heterocycles. The molecule has 7 nitrogen and oxygen atoms in total. The lowest BCUT2D eigenvalue weighted by Gasteiger charge is -2.07. The van der Waals surface area contributed by atoms with Crippen LogP contribution in [0.4, 0.5) is 10.2 Å². The van der Waals surface area contributed by atoms with Gasteiger partial charge in [0.2, 0.25) is 5.88 Å². The molecule has 0 spiro atoms. The number of nitrogen functional groups attached to an aromatic ring is 1. The van der Waals surface area contributed by atoms with Crippen LogP contribution in [0.1, 0.15) is 10.4 Å². The molecule has 0 aliphatic carbocycles. The van der Waals surface area contributed by atoms with Crippen LogP contribution >= 0.6 is 0 Å². The first kappa shape index (κ1) is 18.6. The van der Waals surface area contributed by atoms with Crippen molar-refractivity contribution in [1.29, 1.82) is 0 Å². The van der Waals surface area contributed by atoms with E-state index in [0.29, 0.717) is 4.09 Å². The predicted octanol–water partition coefficient (Wildman–Crippen LogP) is 3.21. The summed E-state index contributed by atoms with van der Waals surface area (Å²) < 4.78 is 45.2. The second-order valence-corrected chi connectivity index (χ2v) is 7.90. The van der Waals surface area contributed by atoms with Gasteiger partial charge in [-0.25, -0.2) is 9.18 Å². The third-order valence-corrected chi connectivity index (χ3v) is 5.82. The van der Waals surface area contributed by atoms with Crippen molar-refractivity contribution in [2.75, 3.05) is 5.73 Å². The van der Waals surface area contributed by atoms with Crippen LogP contribution in [0.5, 0.6) is 5.88 Å². The minimum absolute atomic E-state index is 0.0296. The second kappa shape index (κ2) is 7.02. The predicted molar refractivity (Wildman–Crippen MR) is 105 cm³/mol. The van der Waals surface area contributed by atoms with Gasteiger partial charge < -0.3 is 10.5 Å². The van der Waals surface area contributed by atoms with Crippen molar-refractivity contribution in [1.82, 2.24) is 9.19 Å². The van der Waals surface area contributed by atoms with Crippen molar-refractivity contribution in [3.05, 3.63) is 84.2 Å². The highest BCUT2D eigenvalue weighted by Gasteiger charge is 2.24. The van der Waals surface area contributed by atoms with Gasteiger partial charge in [-0.2, -0.15) is 8.42 Å². The average Bonchev–Trinajstić information content (AvgIpc) is 3.08. The lowest BCUT2D eigenvalue weighted by molar-refractivity contribution is 0.0722. The van der Waals surface area contributed by atoms with Gasteiger partial charge in [0.15, 0.2) is 0 Å². The van der Waals surface area contributed by atoms with E-state index in [0.717, 1.165) is 22.9 Å². The monoisotopic (exact) mass is 411 g/mol. The Kier molecular flexibility index (Phi) is 4.51. The quantitative estimate of drug-likeness (QED) is 0.517. The zero-order chi connectivity index (χ0) is 20.6. The Bertz CT molecular complexity index is 1350. The standard InChI is InChI=1S/C20H14FN3O4S/c21-17-8-4-3-7-16(17)20(25)28-19-12-18(22)24(23-19)29(26,27)15-10-9-13-5-1-2-6-14(13)11-15/h1-12H,22H2. The van der Waals surface area contributed by atoms with E-state index in [4.69, 9.17) is 10.5 Å². The number of fused-ring (bicyclic) bond motifs is 1. The van der Waals surface area contributed by atoms with E-state index in [-0.39, 0.29) is 22.2 Å². The Labute approximate surface area is 165 Å². The van der Waals surface area contributed by atoms with Crippen LogP contribution in [0.25, 0.3) is 10.8 Å². The zero-order valence-corrected chi connectivity index (χ0v) is 15.6. The molecule has 4 aromatic rings. The summed E-state index contributed by atoms with van der Waals surface area (Å²) in [5, 5.41) is 5.37. The first-order valence-corrected chi connectivity index (χ1v) is 9.87. The van der Waals surface area contributed by atoms with Crippen LogP contribution in [-0.2, 0) is 10.0 Å². The van der Waals surface area contributed by atoms with Gasteiger partial charge in [0, 0.05) is 6.07 Å². The molecule has 4 rings (SSSR count). The fourth-order valence-electron chi connectivity index (χ4n) is 2.80. The van der Waals surface area contributed by atoms with Gasteiger partial charge in [-0.05, 0) is 35.0 Å². The largest absolute Gasteiger partial charge is 0.402 e. The highest BCUT2D eigenvalue weighted by atomic mass is 32.2. The molecule has 146 valence electrons. The smallest absolute Gasteiger partial charge is 0.347 e. The van der Waals surface area contributed by atoms with Crippen LogP contribution in [0.15, 0.2) is 77.7 Å². The van der Waals surface area contributed by atoms with Crippen molar-refractivity contribution in [3.63, 3.8) is 0 Å². The number of hydrogen-bond acceptors (Lipinski definition) is 6. The maximum atomic E-state index is 13.7. The van der Waals surface area contributed by atoms with Gasteiger partial charge in [0.05, 0.1) is 10.5 Å². The number of rotatable bonds is 4. The SMILES string of the molecule is Nc1cc(OC(=O)c2ccccc2F)nn1S(=O)(=O)c1ccc2ccccc2c1. The van der Waals surface area contributed by atoms with Crippen molar-refractivity contribution < 1.29 is 22.3 Å². The lowest BCUT2D eigenvalue weighted by Crippen LogP contribution is -2.17. The topological polar surface area (TPSA) is 104 Å². The number of nitrogens with two attached hydrogens (primary N) is 1. The summed E-state index contributed by atoms with van der Waals surface area (Å²) in [4.78, 5) is 12.1.